The Hall–Kier alpha value is -4.16. The van der Waals surface area contributed by atoms with Crippen molar-refractivity contribution in [2.75, 3.05) is 25.6 Å². The molecule has 0 unspecified atom stereocenters. The molecule has 4 aromatic rings. The summed E-state index contributed by atoms with van der Waals surface area (Å²) in [5.74, 6) is 0.971. The molecule has 3 N–H and O–H groups in total. The number of hydrogen-bond acceptors (Lipinski definition) is 6. The Labute approximate surface area is 171 Å². The predicted molar refractivity (Wildman–Crippen MR) is 110 cm³/mol. The number of aromatic nitrogens is 4. The predicted octanol–water partition coefficient (Wildman–Crippen LogP) is 3.10. The van der Waals surface area contributed by atoms with Crippen molar-refractivity contribution in [1.29, 1.82) is 5.26 Å². The number of para-hydroxylation sites is 2. The van der Waals surface area contributed by atoms with E-state index in [1.54, 1.807) is 25.3 Å². The lowest BCUT2D eigenvalue weighted by Gasteiger charge is -2.08. The van der Waals surface area contributed by atoms with E-state index in [0.717, 1.165) is 11.0 Å². The van der Waals surface area contributed by atoms with Crippen molar-refractivity contribution < 1.29 is 14.3 Å². The highest BCUT2D eigenvalue weighted by Gasteiger charge is 2.14. The van der Waals surface area contributed by atoms with Crippen molar-refractivity contribution in [3.63, 3.8) is 0 Å². The second-order valence-electron chi connectivity index (χ2n) is 6.39. The van der Waals surface area contributed by atoms with Crippen molar-refractivity contribution in [2.24, 2.45) is 0 Å². The fourth-order valence-corrected chi connectivity index (χ4v) is 2.90. The number of amides is 1. The van der Waals surface area contributed by atoms with Gasteiger partial charge in [0.2, 0.25) is 0 Å². The molecule has 30 heavy (non-hydrogen) atoms. The Balaban J connectivity index is 1.48. The monoisotopic (exact) mass is 402 g/mol. The van der Waals surface area contributed by atoms with Crippen LogP contribution in [0.4, 0.5) is 5.82 Å². The third-order valence-electron chi connectivity index (χ3n) is 4.37. The molecule has 0 saturated heterocycles. The number of nitriles is 1. The van der Waals surface area contributed by atoms with Crippen LogP contribution in [0.15, 0.2) is 48.5 Å². The maximum Gasteiger partial charge on any atom is 0.256 e. The molecule has 4 rings (SSSR count). The van der Waals surface area contributed by atoms with Gasteiger partial charge in [-0.25, -0.2) is 4.98 Å². The Kier molecular flexibility index (Phi) is 5.41. The maximum atomic E-state index is 12.6. The van der Waals surface area contributed by atoms with Gasteiger partial charge < -0.3 is 19.8 Å². The van der Waals surface area contributed by atoms with Crippen molar-refractivity contribution in [3.8, 4) is 23.3 Å². The van der Waals surface area contributed by atoms with Gasteiger partial charge in [-0.15, -0.1) is 0 Å². The van der Waals surface area contributed by atoms with E-state index in [2.05, 4.69) is 25.5 Å². The average molecular weight is 402 g/mol. The van der Waals surface area contributed by atoms with E-state index >= 15 is 0 Å². The van der Waals surface area contributed by atoms with Gasteiger partial charge in [0.1, 0.15) is 24.1 Å². The molecule has 0 saturated carbocycles. The molecule has 0 aliphatic carbocycles. The molecule has 2 heterocycles. The molecule has 0 radical (unpaired) electrons. The third-order valence-corrected chi connectivity index (χ3v) is 4.37. The lowest BCUT2D eigenvalue weighted by Crippen LogP contribution is -2.13. The SMILES string of the molecule is COCCOc1ccc(C(=O)Nc2cc(-c3nc4ccccc4[nH]3)[nH]n2)cc1C#N. The molecule has 1 amide bonds. The van der Waals surface area contributed by atoms with Crippen LogP contribution in [0.5, 0.6) is 5.75 Å². The molecule has 0 atom stereocenters. The van der Waals surface area contributed by atoms with Crippen LogP contribution in [0.2, 0.25) is 0 Å². The van der Waals surface area contributed by atoms with Crippen LogP contribution in [0.3, 0.4) is 0 Å². The Bertz CT molecular complexity index is 1200. The summed E-state index contributed by atoms with van der Waals surface area (Å²) in [6.07, 6.45) is 0. The maximum absolute atomic E-state index is 12.6. The molecular formula is C21H18N6O3. The molecule has 2 aromatic heterocycles. The highest BCUT2D eigenvalue weighted by molar-refractivity contribution is 6.04. The zero-order valence-electron chi connectivity index (χ0n) is 16.1. The fraction of sp³-hybridized carbons (Fsp3) is 0.143. The van der Waals surface area contributed by atoms with E-state index < -0.39 is 5.91 Å². The number of nitrogens with one attached hydrogen (secondary N) is 3. The van der Waals surface area contributed by atoms with E-state index in [-0.39, 0.29) is 5.56 Å². The third kappa shape index (κ3) is 3.99. The molecule has 9 nitrogen and oxygen atoms in total. The zero-order valence-corrected chi connectivity index (χ0v) is 16.1. The smallest absolute Gasteiger partial charge is 0.256 e. The summed E-state index contributed by atoms with van der Waals surface area (Å²) in [6, 6.07) is 16.1. The van der Waals surface area contributed by atoms with E-state index in [0.29, 0.717) is 41.9 Å². The van der Waals surface area contributed by atoms with Gasteiger partial charge in [-0.1, -0.05) is 12.1 Å². The standard InChI is InChI=1S/C21H18N6O3/c1-29-8-9-30-18-7-6-13(10-14(18)12-22)21(28)25-19-11-17(26-27-19)20-23-15-4-2-3-5-16(15)24-20/h2-7,10-11H,8-9H2,1H3,(H,23,24)(H2,25,26,27,28). The molecule has 150 valence electrons. The quantitative estimate of drug-likeness (QED) is 0.408. The summed E-state index contributed by atoms with van der Waals surface area (Å²) in [4.78, 5) is 20.3. The summed E-state index contributed by atoms with van der Waals surface area (Å²) in [6.45, 7) is 0.717. The topological polar surface area (TPSA) is 129 Å². The number of imidazole rings is 1. The number of fused-ring (bicyclic) bond motifs is 1. The normalized spacial score (nSPS) is 10.7. The van der Waals surface area contributed by atoms with Crippen molar-refractivity contribution in [1.82, 2.24) is 20.2 Å². The molecule has 0 spiro atoms. The summed E-state index contributed by atoms with van der Waals surface area (Å²) < 4.78 is 10.4. The largest absolute Gasteiger partial charge is 0.490 e. The number of ether oxygens (including phenoxy) is 2. The van der Waals surface area contributed by atoms with E-state index in [4.69, 9.17) is 9.47 Å². The first-order valence-corrected chi connectivity index (χ1v) is 9.15. The molecule has 0 bridgehead atoms. The number of benzene rings is 2. The highest BCUT2D eigenvalue weighted by Crippen LogP contribution is 2.22. The molecule has 0 aliphatic rings. The Morgan fingerprint density at radius 3 is 2.87 bits per heavy atom. The summed E-state index contributed by atoms with van der Waals surface area (Å²) >= 11 is 0. The molecule has 0 aliphatic heterocycles. The summed E-state index contributed by atoms with van der Waals surface area (Å²) in [5.41, 5.74) is 2.97. The van der Waals surface area contributed by atoms with Crippen molar-refractivity contribution in [2.45, 2.75) is 0 Å². The number of anilines is 1. The highest BCUT2D eigenvalue weighted by atomic mass is 16.5. The summed E-state index contributed by atoms with van der Waals surface area (Å²) in [5, 5.41) is 19.0. The number of carbonyl (C=O) groups excluding carboxylic acids is 1. The summed E-state index contributed by atoms with van der Waals surface area (Å²) in [7, 11) is 1.57. The minimum absolute atomic E-state index is 0.267. The molecule has 9 heteroatoms. The van der Waals surface area contributed by atoms with Crippen molar-refractivity contribution in [3.05, 3.63) is 59.7 Å². The molecule has 2 aromatic carbocycles. The van der Waals surface area contributed by atoms with Gasteiger partial charge in [0.15, 0.2) is 11.6 Å². The van der Waals surface area contributed by atoms with Gasteiger partial charge in [-0.2, -0.15) is 10.4 Å². The average Bonchev–Trinajstić information content (AvgIpc) is 3.40. The number of methoxy groups -OCH3 is 1. The van der Waals surface area contributed by atoms with Crippen LogP contribution in [-0.2, 0) is 4.74 Å². The van der Waals surface area contributed by atoms with Gasteiger partial charge in [0, 0.05) is 18.7 Å². The minimum Gasteiger partial charge on any atom is -0.490 e. The lowest BCUT2D eigenvalue weighted by atomic mass is 10.1. The first-order valence-electron chi connectivity index (χ1n) is 9.15. The Morgan fingerprint density at radius 1 is 1.20 bits per heavy atom. The van der Waals surface area contributed by atoms with E-state index in [1.165, 1.54) is 6.07 Å². The van der Waals surface area contributed by atoms with Gasteiger partial charge in [0.25, 0.3) is 5.91 Å². The van der Waals surface area contributed by atoms with Gasteiger partial charge in [-0.05, 0) is 30.3 Å². The van der Waals surface area contributed by atoms with Crippen LogP contribution in [0.1, 0.15) is 15.9 Å². The first-order chi connectivity index (χ1) is 14.7. The number of carbonyl (C=O) groups is 1. The molecular weight excluding hydrogens is 384 g/mol. The number of aromatic amines is 2. The number of nitrogens with zero attached hydrogens (tertiary/aromatic N) is 3. The van der Waals surface area contributed by atoms with Gasteiger partial charge in [0.05, 0.1) is 23.2 Å². The van der Waals surface area contributed by atoms with Crippen molar-refractivity contribution >= 4 is 22.8 Å². The van der Waals surface area contributed by atoms with E-state index in [9.17, 15) is 10.1 Å². The van der Waals surface area contributed by atoms with Crippen LogP contribution in [0.25, 0.3) is 22.6 Å². The number of rotatable bonds is 7. The fourth-order valence-electron chi connectivity index (χ4n) is 2.90. The van der Waals surface area contributed by atoms with Crippen LogP contribution >= 0.6 is 0 Å². The Morgan fingerprint density at radius 2 is 2.07 bits per heavy atom. The number of H-pyrrole nitrogens is 2. The zero-order chi connectivity index (χ0) is 20.9. The lowest BCUT2D eigenvalue weighted by molar-refractivity contribution is 0.102. The minimum atomic E-state index is -0.391. The second-order valence-corrected chi connectivity index (χ2v) is 6.39. The number of hydrogen-bond donors (Lipinski definition) is 3. The second kappa shape index (κ2) is 8.46. The van der Waals surface area contributed by atoms with Gasteiger partial charge in [-0.3, -0.25) is 9.89 Å². The van der Waals surface area contributed by atoms with Crippen LogP contribution in [0, 0.1) is 11.3 Å². The van der Waals surface area contributed by atoms with Crippen LogP contribution < -0.4 is 10.1 Å². The van der Waals surface area contributed by atoms with Crippen LogP contribution in [-0.4, -0.2) is 46.4 Å². The first kappa shape index (κ1) is 19.2. The van der Waals surface area contributed by atoms with Gasteiger partial charge >= 0.3 is 0 Å². The molecule has 0 fully saturated rings. The van der Waals surface area contributed by atoms with E-state index in [1.807, 2.05) is 30.3 Å².